The molecule has 2 unspecified atom stereocenters. The van der Waals surface area contributed by atoms with Gasteiger partial charge in [0.2, 0.25) is 10.0 Å². The summed E-state index contributed by atoms with van der Waals surface area (Å²) < 4.78 is 50.3. The average Bonchev–Trinajstić information content (AvgIpc) is 3.38. The normalized spacial score (nSPS) is 26.2. The van der Waals surface area contributed by atoms with Gasteiger partial charge in [0, 0.05) is 32.6 Å². The monoisotopic (exact) mass is 482 g/mol. The minimum absolute atomic E-state index is 0.0946. The molecular formula is C20H26N4O6S2. The van der Waals surface area contributed by atoms with Crippen LogP contribution in [0.25, 0.3) is 0 Å². The summed E-state index contributed by atoms with van der Waals surface area (Å²) in [5.41, 5.74) is 0.991. The van der Waals surface area contributed by atoms with Gasteiger partial charge < -0.3 is 4.90 Å². The fourth-order valence-electron chi connectivity index (χ4n) is 4.31. The number of hydrogen-bond acceptors (Lipinski definition) is 8. The molecule has 174 valence electrons. The molecule has 2 saturated heterocycles. The number of rotatable bonds is 5. The van der Waals surface area contributed by atoms with Crippen molar-refractivity contribution in [2.75, 3.05) is 42.7 Å². The zero-order chi connectivity index (χ0) is 23.1. The van der Waals surface area contributed by atoms with E-state index in [0.29, 0.717) is 0 Å². The third kappa shape index (κ3) is 4.44. The lowest BCUT2D eigenvalue weighted by Gasteiger charge is -2.35. The van der Waals surface area contributed by atoms with Crippen molar-refractivity contribution in [1.29, 1.82) is 0 Å². The molecule has 10 nitrogen and oxygen atoms in total. The molecule has 1 amide bonds. The van der Waals surface area contributed by atoms with Crippen molar-refractivity contribution < 1.29 is 26.4 Å². The molecule has 3 aliphatic heterocycles. The molecule has 3 aliphatic rings. The fraction of sp³-hybridized carbons (Fsp3) is 0.550. The Bertz CT molecular complexity index is 1140. The van der Waals surface area contributed by atoms with Gasteiger partial charge in [-0.1, -0.05) is 18.2 Å². The number of carbonyl (C=O) groups excluding carboxylic acids is 2. The molecule has 1 aromatic carbocycles. The molecule has 12 heteroatoms. The quantitative estimate of drug-likeness (QED) is 0.573. The second kappa shape index (κ2) is 8.56. The molecular weight excluding hydrogens is 456 g/mol. The summed E-state index contributed by atoms with van der Waals surface area (Å²) in [4.78, 5) is 26.7. The highest BCUT2D eigenvalue weighted by atomic mass is 32.2. The summed E-state index contributed by atoms with van der Waals surface area (Å²) in [6, 6.07) is 8.60. The highest BCUT2D eigenvalue weighted by Gasteiger charge is 2.42. The van der Waals surface area contributed by atoms with E-state index in [1.165, 1.54) is 11.2 Å². The third-order valence-corrected chi connectivity index (χ3v) is 10.5. The highest BCUT2D eigenvalue weighted by molar-refractivity contribution is 7.95. The smallest absolute Gasteiger partial charge is 0.270 e. The standard InChI is InChI=1S/C20H26N4O6S2/c1-15(25)19-13-18(21-24(19)16-5-3-2-4-6-16)20(26)22-8-10-23(11-9-22)32(29,30)17-7-12-31(27,28)14-17/h2-6,17,19H,7-14H2,1H3. The van der Waals surface area contributed by atoms with Crippen LogP contribution in [0.5, 0.6) is 0 Å². The van der Waals surface area contributed by atoms with Crippen molar-refractivity contribution in [3.8, 4) is 0 Å². The van der Waals surface area contributed by atoms with Crippen molar-refractivity contribution in [2.45, 2.75) is 31.1 Å². The number of para-hydroxylation sites is 1. The van der Waals surface area contributed by atoms with Gasteiger partial charge in [-0.2, -0.15) is 9.41 Å². The maximum Gasteiger partial charge on any atom is 0.270 e. The van der Waals surface area contributed by atoms with Gasteiger partial charge in [-0.25, -0.2) is 16.8 Å². The van der Waals surface area contributed by atoms with Crippen molar-refractivity contribution >= 4 is 43.0 Å². The topological polar surface area (TPSA) is 124 Å². The van der Waals surface area contributed by atoms with Crippen LogP contribution in [0.15, 0.2) is 35.4 Å². The van der Waals surface area contributed by atoms with Crippen LogP contribution in [0, 0.1) is 0 Å². The van der Waals surface area contributed by atoms with Crippen LogP contribution in [-0.4, -0.2) is 92.4 Å². The van der Waals surface area contributed by atoms with Gasteiger partial charge >= 0.3 is 0 Å². The minimum atomic E-state index is -3.73. The van der Waals surface area contributed by atoms with Crippen molar-refractivity contribution in [3.05, 3.63) is 30.3 Å². The van der Waals surface area contributed by atoms with Gasteiger partial charge in [0.1, 0.15) is 11.8 Å². The molecule has 0 N–H and O–H groups in total. The maximum atomic E-state index is 13.1. The number of piperazine rings is 1. The number of hydrazone groups is 1. The van der Waals surface area contributed by atoms with E-state index in [-0.39, 0.29) is 67.9 Å². The number of carbonyl (C=O) groups is 2. The Morgan fingerprint density at radius 2 is 1.72 bits per heavy atom. The fourth-order valence-corrected chi connectivity index (χ4v) is 8.82. The van der Waals surface area contributed by atoms with Gasteiger partial charge in [-0.3, -0.25) is 14.6 Å². The number of ketones is 1. The SMILES string of the molecule is CC(=O)C1CC(C(=O)N2CCN(S(=O)(=O)C3CCS(=O)(=O)C3)CC2)=NN1c1ccccc1. The Labute approximate surface area is 187 Å². The van der Waals surface area contributed by atoms with Crippen LogP contribution in [0.4, 0.5) is 5.69 Å². The van der Waals surface area contributed by atoms with E-state index >= 15 is 0 Å². The number of nitrogens with zero attached hydrogens (tertiary/aromatic N) is 4. The summed E-state index contributed by atoms with van der Waals surface area (Å²) in [5.74, 6) is -0.852. The van der Waals surface area contributed by atoms with Gasteiger partial charge in [0.25, 0.3) is 5.91 Å². The highest BCUT2D eigenvalue weighted by Crippen LogP contribution is 2.27. The van der Waals surface area contributed by atoms with E-state index < -0.39 is 31.2 Å². The van der Waals surface area contributed by atoms with Gasteiger partial charge in [-0.05, 0) is 25.5 Å². The van der Waals surface area contributed by atoms with E-state index in [9.17, 15) is 26.4 Å². The largest absolute Gasteiger partial charge is 0.335 e. The molecule has 2 fully saturated rings. The number of hydrogen-bond donors (Lipinski definition) is 0. The number of benzene rings is 1. The van der Waals surface area contributed by atoms with Gasteiger partial charge in [0.15, 0.2) is 15.6 Å². The van der Waals surface area contributed by atoms with E-state index in [1.54, 1.807) is 9.91 Å². The van der Waals surface area contributed by atoms with Crippen LogP contribution >= 0.6 is 0 Å². The molecule has 0 spiro atoms. The lowest BCUT2D eigenvalue weighted by Crippen LogP contribution is -2.53. The first-order valence-electron chi connectivity index (χ1n) is 10.5. The van der Waals surface area contributed by atoms with Crippen molar-refractivity contribution in [2.24, 2.45) is 5.10 Å². The van der Waals surface area contributed by atoms with E-state index in [4.69, 9.17) is 0 Å². The summed E-state index contributed by atoms with van der Waals surface area (Å²) in [7, 11) is -7.04. The molecule has 0 bridgehead atoms. The summed E-state index contributed by atoms with van der Waals surface area (Å²) in [5, 5.41) is 5.08. The molecule has 0 saturated carbocycles. The van der Waals surface area contributed by atoms with Crippen LogP contribution in [0.1, 0.15) is 19.8 Å². The maximum absolute atomic E-state index is 13.1. The Morgan fingerprint density at radius 1 is 1.06 bits per heavy atom. The number of sulfone groups is 1. The predicted molar refractivity (Wildman–Crippen MR) is 120 cm³/mol. The third-order valence-electron chi connectivity index (χ3n) is 6.14. The second-order valence-corrected chi connectivity index (χ2v) is 12.8. The van der Waals surface area contributed by atoms with E-state index in [1.807, 2.05) is 30.3 Å². The lowest BCUT2D eigenvalue weighted by molar-refractivity contribution is -0.125. The molecule has 0 aliphatic carbocycles. The first-order valence-corrected chi connectivity index (χ1v) is 13.8. The number of Topliss-reactive ketones (excluding diaryl/α,β-unsaturated/α-hetero) is 1. The van der Waals surface area contributed by atoms with Crippen LogP contribution < -0.4 is 5.01 Å². The number of amides is 1. The Morgan fingerprint density at radius 3 is 2.28 bits per heavy atom. The molecule has 32 heavy (non-hydrogen) atoms. The van der Waals surface area contributed by atoms with Crippen LogP contribution in [0.3, 0.4) is 0 Å². The minimum Gasteiger partial charge on any atom is -0.335 e. The molecule has 3 heterocycles. The van der Waals surface area contributed by atoms with Gasteiger partial charge in [0.05, 0.1) is 22.4 Å². The van der Waals surface area contributed by atoms with E-state index in [0.717, 1.165) is 5.69 Å². The zero-order valence-corrected chi connectivity index (χ0v) is 19.4. The van der Waals surface area contributed by atoms with Gasteiger partial charge in [-0.15, -0.1) is 0 Å². The Kier molecular flexibility index (Phi) is 6.12. The summed E-state index contributed by atoms with van der Waals surface area (Å²) in [6.45, 7) is 2.06. The second-order valence-electron chi connectivity index (χ2n) is 8.32. The summed E-state index contributed by atoms with van der Waals surface area (Å²) >= 11 is 0. The molecule has 0 radical (unpaired) electrons. The van der Waals surface area contributed by atoms with Crippen molar-refractivity contribution in [1.82, 2.24) is 9.21 Å². The van der Waals surface area contributed by atoms with Crippen LogP contribution in [-0.2, 0) is 29.4 Å². The lowest BCUT2D eigenvalue weighted by atomic mass is 10.1. The first kappa shape index (κ1) is 22.9. The molecule has 4 rings (SSSR count). The van der Waals surface area contributed by atoms with E-state index in [2.05, 4.69) is 5.10 Å². The molecule has 1 aromatic rings. The molecule has 0 aromatic heterocycles. The first-order chi connectivity index (χ1) is 15.1. The Hall–Kier alpha value is -2.31. The average molecular weight is 483 g/mol. The van der Waals surface area contributed by atoms with Crippen molar-refractivity contribution in [3.63, 3.8) is 0 Å². The summed E-state index contributed by atoms with van der Waals surface area (Å²) in [6.07, 6.45) is 0.309. The van der Waals surface area contributed by atoms with Crippen LogP contribution in [0.2, 0.25) is 0 Å². The number of anilines is 1. The molecule has 2 atom stereocenters. The number of sulfonamides is 1. The zero-order valence-electron chi connectivity index (χ0n) is 17.8. The Balaban J connectivity index is 1.43. The predicted octanol–water partition coefficient (Wildman–Crippen LogP) is -0.129.